The number of likely N-dealkylation sites (N-methyl/N-ethyl adjacent to an activating group) is 2. The molecule has 0 radical (unpaired) electrons. The summed E-state index contributed by atoms with van der Waals surface area (Å²) in [7, 11) is 4.08. The fourth-order valence-corrected chi connectivity index (χ4v) is 15.0. The van der Waals surface area contributed by atoms with Gasteiger partial charge < -0.3 is 86.1 Å². The molecule has 2 aliphatic heterocycles. The maximum Gasteiger partial charge on any atom is 0.490 e. The maximum atomic E-state index is 14.9. The number of nitrogens with one attached hydrogen (secondary N) is 6. The van der Waals surface area contributed by atoms with Crippen LogP contribution in [-0.2, 0) is 106 Å². The van der Waals surface area contributed by atoms with Gasteiger partial charge in [0.1, 0.15) is 30.8 Å². The normalized spacial score (nSPS) is 16.1. The highest BCUT2D eigenvalue weighted by Crippen LogP contribution is 2.31. The Morgan fingerprint density at radius 1 is 0.697 bits per heavy atom. The lowest BCUT2D eigenvalue weighted by Gasteiger charge is -2.41. The van der Waals surface area contributed by atoms with Gasteiger partial charge in [0.2, 0.25) is 41.4 Å². The molecule has 41 heteroatoms. The molecule has 0 spiro atoms. The number of likely N-dealkylation sites (tertiary alicyclic amines) is 1. The molecule has 11 amide bonds. The van der Waals surface area contributed by atoms with Crippen LogP contribution in [0.3, 0.4) is 0 Å². The van der Waals surface area contributed by atoms with E-state index in [0.717, 1.165) is 17.2 Å². The van der Waals surface area contributed by atoms with Gasteiger partial charge in [0.15, 0.2) is 4.36 Å². The summed E-state index contributed by atoms with van der Waals surface area (Å²) >= 11 is 5.60. The van der Waals surface area contributed by atoms with Gasteiger partial charge in [-0.1, -0.05) is 135 Å². The third kappa shape index (κ3) is 35.0. The number of sulfonamides is 1. The predicted octanol–water partition coefficient (Wildman–Crippen LogP) is 6.40. The summed E-state index contributed by atoms with van der Waals surface area (Å²) in [6.45, 7) is 17.9. The van der Waals surface area contributed by atoms with E-state index in [0.29, 0.717) is 60.0 Å². The average Bonchev–Trinajstić information content (AvgIpc) is 1.38. The number of aliphatic carboxylic acids is 2. The Balaban J connectivity index is 0.00000535. The highest BCUT2D eigenvalue weighted by atomic mass is 35.5. The van der Waals surface area contributed by atoms with Gasteiger partial charge in [-0.05, 0) is 104 Å². The van der Waals surface area contributed by atoms with Gasteiger partial charge in [0.25, 0.3) is 15.9 Å². The summed E-state index contributed by atoms with van der Waals surface area (Å²) in [5.41, 5.74) is 8.44. The zero-order chi connectivity index (χ0) is 89.9. The van der Waals surface area contributed by atoms with Crippen LogP contribution in [0.4, 0.5) is 34.1 Å². The van der Waals surface area contributed by atoms with Crippen molar-refractivity contribution >= 4 is 131 Å². The summed E-state index contributed by atoms with van der Waals surface area (Å²) < 4.78 is 89.9. The van der Waals surface area contributed by atoms with Crippen molar-refractivity contribution in [2.75, 3.05) is 111 Å². The third-order valence-corrected chi connectivity index (χ3v) is 22.7. The van der Waals surface area contributed by atoms with Crippen molar-refractivity contribution in [2.24, 2.45) is 35.3 Å². The number of nitrogens with zero attached hydrogens (tertiary/aromatic N) is 5. The van der Waals surface area contributed by atoms with Crippen LogP contribution in [-0.4, -0.2) is 271 Å². The lowest BCUT2D eigenvalue weighted by atomic mass is 9.89. The van der Waals surface area contributed by atoms with Crippen molar-refractivity contribution in [3.63, 3.8) is 0 Å². The van der Waals surface area contributed by atoms with E-state index in [4.69, 9.17) is 55.7 Å². The Labute approximate surface area is 730 Å². The molecule has 0 aromatic heterocycles. The monoisotopic (exact) mass is 1800 g/mol. The van der Waals surface area contributed by atoms with Crippen LogP contribution in [0.25, 0.3) is 0 Å². The van der Waals surface area contributed by atoms with Crippen LogP contribution in [0.15, 0.2) is 89.3 Å². The van der Waals surface area contributed by atoms with Gasteiger partial charge in [-0.25, -0.2) is 23.5 Å². The van der Waals surface area contributed by atoms with E-state index >= 15 is 0 Å². The van der Waals surface area contributed by atoms with E-state index in [9.17, 15) is 79.4 Å². The number of nitrogens with two attached hydrogens (primary N) is 1. The van der Waals surface area contributed by atoms with Crippen LogP contribution in [0.5, 0.6) is 0 Å². The topological polar surface area (TPSA) is 449 Å². The molecule has 0 bridgehead atoms. The Morgan fingerprint density at radius 2 is 1.27 bits per heavy atom. The second-order valence-corrected chi connectivity index (χ2v) is 32.8. The van der Waals surface area contributed by atoms with Gasteiger partial charge >= 0.3 is 30.2 Å². The molecule has 686 valence electrons. The van der Waals surface area contributed by atoms with Crippen molar-refractivity contribution in [3.8, 4) is 0 Å². The van der Waals surface area contributed by atoms with E-state index in [-0.39, 0.29) is 154 Å². The summed E-state index contributed by atoms with van der Waals surface area (Å²) in [6.07, 6.45) is -3.82. The molecule has 122 heavy (non-hydrogen) atoms. The predicted molar refractivity (Wildman–Crippen MR) is 459 cm³/mol. The molecule has 2 aliphatic rings. The molecule has 3 aromatic carbocycles. The molecule has 0 aliphatic carbocycles. The number of carbonyl (C=O) groups excluding carboxylic acids is 10. The number of ether oxygens (including phenoxy) is 6. The molecule has 2 heterocycles. The number of primary amides is 1. The highest BCUT2D eigenvalue weighted by Gasteiger charge is 2.45. The summed E-state index contributed by atoms with van der Waals surface area (Å²) in [5.74, 6) is -9.67. The van der Waals surface area contributed by atoms with Crippen molar-refractivity contribution in [2.45, 2.75) is 187 Å². The Morgan fingerprint density at radius 3 is 1.80 bits per heavy atom. The minimum atomic E-state index is -5.08. The van der Waals surface area contributed by atoms with Crippen molar-refractivity contribution in [1.29, 1.82) is 0 Å². The van der Waals surface area contributed by atoms with Crippen LogP contribution in [0.1, 0.15) is 124 Å². The SMILES string of the molecule is CC[C@H](C)[C@@H]([C@@H](CC(=O)N1CCC[C@H]1[C@H](OC)[C@@H](C)C(=O)N[C@@H](Cc1ccccc1)C(=O)O)OC)N(C)C(=O)[C@@H](NC(=O)[C@H](C(C)C)N(C)CCc1ccc(N(C)C(=O)OCc2ccc(NC(=O)[C@H](CCCNC(N)=O)NC(=O)[C@@H](NC(=O)CCOCCOCCOCCN3C(=O)C=C(Cl)S3(=O)=O)C(C)C)cc2)cc1)C(C)C.O=C(O)C(F)(F)F.S.S. The minimum Gasteiger partial charge on any atom is -0.480 e. The lowest BCUT2D eigenvalue weighted by Crippen LogP contribution is -2.60. The van der Waals surface area contributed by atoms with Gasteiger partial charge in [-0.3, -0.25) is 48.2 Å². The number of carboxylic acids is 2. The lowest BCUT2D eigenvalue weighted by molar-refractivity contribution is -0.192. The summed E-state index contributed by atoms with van der Waals surface area (Å²) in [5, 5.41) is 33.7. The number of halogens is 4. The van der Waals surface area contributed by atoms with Crippen LogP contribution < -0.4 is 42.5 Å². The maximum absolute atomic E-state index is 14.9. The van der Waals surface area contributed by atoms with E-state index in [1.165, 1.54) is 19.1 Å². The third-order valence-electron chi connectivity index (χ3n) is 20.5. The molecule has 34 nitrogen and oxygen atoms in total. The van der Waals surface area contributed by atoms with Crippen molar-refractivity contribution < 1.29 is 118 Å². The zero-order valence-electron chi connectivity index (χ0n) is 71.6. The Hall–Kier alpha value is -8.87. The Bertz CT molecular complexity index is 4020. The molecule has 5 rings (SSSR count). The van der Waals surface area contributed by atoms with Crippen LogP contribution in [0, 0.1) is 29.6 Å². The molecule has 1 saturated heterocycles. The second kappa shape index (κ2) is 54.0. The standard InChI is InChI=1S/C79H119ClN12O20S.C2HF3O2.2H2S/c1-15-52(8)70(62(107-13)46-65(94)91-36-20-24-61(91)71(108-14)53(9)72(96)85-60(77(101)102)45-55-21-17-16-18-22-55)90(12)76(100)68(50(4)5)87-75(99)69(51(6)7)88(10)37-33-54-27-31-58(32-28-54)89(11)79(104)112-48-56-25-29-57(30-26-56)83-73(97)59(23-19-35-82-78(81)103)84-74(98)67(49(2)3)86-64(93)34-39-109-41-43-111-44-42-110-40-38-92-66(95)47-63(80)113(92,105)106;3-2(4,5)1(6)7;;/h16-18,21-22,25-32,47,49-53,59-62,67-71H,15,19-20,23-24,33-46,48H2,1-14H3,(H,83,97)(H,84,98)(H,85,96)(H,86,93)(H,87,99)(H,101,102)(H3,81,82,103);(H,6,7);2*1H2/t52-,53+,59-,60-,61-,62+,67-,68-,69-,70-,71+;;;/m0.../s1. The van der Waals surface area contributed by atoms with E-state index in [1.54, 1.807) is 105 Å². The molecule has 10 N–H and O–H groups in total. The number of benzene rings is 3. The first-order valence-electron chi connectivity index (χ1n) is 39.7. The fraction of sp³-hybridized carbons (Fsp3) is 0.605. The number of carboxylic acid groups (broad SMARTS) is 2. The summed E-state index contributed by atoms with van der Waals surface area (Å²) in [6, 6.07) is 16.1. The number of anilines is 2. The number of rotatable bonds is 49. The molecule has 0 unspecified atom stereocenters. The molecule has 11 atom stereocenters. The van der Waals surface area contributed by atoms with Gasteiger partial charge in [-0.15, -0.1) is 0 Å². The zero-order valence-corrected chi connectivity index (χ0v) is 75.2. The summed E-state index contributed by atoms with van der Waals surface area (Å²) in [4.78, 5) is 163. The van der Waals surface area contributed by atoms with Crippen LogP contribution in [0.2, 0.25) is 0 Å². The number of amides is 11. The smallest absolute Gasteiger partial charge is 0.480 e. The van der Waals surface area contributed by atoms with Crippen LogP contribution >= 0.6 is 38.6 Å². The highest BCUT2D eigenvalue weighted by molar-refractivity contribution is 7.95. The number of methoxy groups -OCH3 is 2. The first-order valence-corrected chi connectivity index (χ1v) is 41.5. The average molecular weight is 1810 g/mol. The van der Waals surface area contributed by atoms with Gasteiger partial charge in [0.05, 0.1) is 88.9 Å². The Kier molecular flexibility index (Phi) is 48.3. The second-order valence-electron chi connectivity index (χ2n) is 30.3. The van der Waals surface area contributed by atoms with Gasteiger partial charge in [-0.2, -0.15) is 48.6 Å². The number of alkyl halides is 3. The number of carbonyl (C=O) groups is 12. The van der Waals surface area contributed by atoms with Crippen molar-refractivity contribution in [1.82, 2.24) is 45.6 Å². The number of hydrogen-bond acceptors (Lipinski definition) is 21. The first-order chi connectivity index (χ1) is 56.5. The van der Waals surface area contributed by atoms with E-state index in [2.05, 4.69) is 31.9 Å². The molecule has 1 fully saturated rings. The van der Waals surface area contributed by atoms with E-state index in [1.807, 2.05) is 71.7 Å². The molecule has 0 saturated carbocycles. The molecule has 3 aromatic rings. The minimum absolute atomic E-state index is 0. The molecular formula is C81H124ClF3N12O22S3. The van der Waals surface area contributed by atoms with Crippen molar-refractivity contribution in [3.05, 3.63) is 106 Å². The quantitative estimate of drug-likeness (QED) is 0.0276. The first kappa shape index (κ1) is 109. The van der Waals surface area contributed by atoms with E-state index < -0.39 is 140 Å². The largest absolute Gasteiger partial charge is 0.490 e. The van der Waals surface area contributed by atoms with Gasteiger partial charge in [0, 0.05) is 78.2 Å². The number of hydrogen-bond donors (Lipinski definition) is 9. The molecular weight excluding hydrogens is 1680 g/mol. The fourth-order valence-electron chi connectivity index (χ4n) is 13.6. The number of urea groups is 1.